The van der Waals surface area contributed by atoms with Crippen LogP contribution in [0.15, 0.2) is 12.1 Å². The SMILES string of the molecule is Cc1nc(N[C@H]2CC[C@@H](NC(=O)c3cc(F)c(F)c(F)c3)CC2)nc2c1NC(=O)[C@H](C)N2. The van der Waals surface area contributed by atoms with Crippen LogP contribution in [0, 0.1) is 24.4 Å². The van der Waals surface area contributed by atoms with Gasteiger partial charge in [0, 0.05) is 17.6 Å². The number of amides is 2. The molecular weight excluding hydrogens is 425 g/mol. The van der Waals surface area contributed by atoms with E-state index in [4.69, 9.17) is 0 Å². The van der Waals surface area contributed by atoms with Gasteiger partial charge in [-0.2, -0.15) is 4.98 Å². The molecule has 2 heterocycles. The van der Waals surface area contributed by atoms with E-state index < -0.39 is 29.4 Å². The fourth-order valence-corrected chi connectivity index (χ4v) is 3.91. The molecule has 4 rings (SSSR count). The molecule has 8 nitrogen and oxygen atoms in total. The van der Waals surface area contributed by atoms with Crippen molar-refractivity contribution in [3.63, 3.8) is 0 Å². The lowest BCUT2D eigenvalue weighted by Crippen LogP contribution is -2.40. The van der Waals surface area contributed by atoms with Crippen molar-refractivity contribution in [2.45, 2.75) is 57.7 Å². The third-order valence-corrected chi connectivity index (χ3v) is 5.73. The van der Waals surface area contributed by atoms with Gasteiger partial charge in [-0.3, -0.25) is 9.59 Å². The predicted molar refractivity (Wildman–Crippen MR) is 112 cm³/mol. The second-order valence-electron chi connectivity index (χ2n) is 8.13. The molecule has 1 fully saturated rings. The van der Waals surface area contributed by atoms with E-state index in [1.54, 1.807) is 13.8 Å². The van der Waals surface area contributed by atoms with Crippen molar-refractivity contribution in [3.8, 4) is 0 Å². The Kier molecular flexibility index (Phi) is 5.90. The molecule has 32 heavy (non-hydrogen) atoms. The number of nitrogens with zero attached hydrogens (tertiary/aromatic N) is 2. The number of hydrogen-bond acceptors (Lipinski definition) is 6. The molecular formula is C21H23F3N6O2. The molecule has 1 aliphatic carbocycles. The van der Waals surface area contributed by atoms with Gasteiger partial charge in [0.15, 0.2) is 23.3 Å². The van der Waals surface area contributed by atoms with Crippen LogP contribution in [0.1, 0.15) is 48.7 Å². The zero-order valence-corrected chi connectivity index (χ0v) is 17.6. The lowest BCUT2D eigenvalue weighted by atomic mass is 9.91. The number of hydrogen-bond donors (Lipinski definition) is 4. The van der Waals surface area contributed by atoms with Crippen LogP contribution in [-0.2, 0) is 4.79 Å². The Morgan fingerprint density at radius 2 is 1.69 bits per heavy atom. The van der Waals surface area contributed by atoms with E-state index in [0.717, 1.165) is 12.8 Å². The molecule has 2 amide bonds. The van der Waals surface area contributed by atoms with Crippen molar-refractivity contribution in [1.82, 2.24) is 15.3 Å². The van der Waals surface area contributed by atoms with Gasteiger partial charge >= 0.3 is 0 Å². The highest BCUT2D eigenvalue weighted by Gasteiger charge is 2.27. The molecule has 1 atom stereocenters. The Hall–Kier alpha value is -3.37. The first-order chi connectivity index (χ1) is 15.2. The smallest absolute Gasteiger partial charge is 0.251 e. The van der Waals surface area contributed by atoms with Crippen LogP contribution >= 0.6 is 0 Å². The maximum absolute atomic E-state index is 13.4. The molecule has 11 heteroatoms. The Balaban J connectivity index is 1.34. The molecule has 2 aromatic rings. The molecule has 1 saturated carbocycles. The van der Waals surface area contributed by atoms with Crippen molar-refractivity contribution in [2.75, 3.05) is 16.0 Å². The number of benzene rings is 1. The second kappa shape index (κ2) is 8.64. The summed E-state index contributed by atoms with van der Waals surface area (Å²) in [7, 11) is 0. The zero-order chi connectivity index (χ0) is 23.0. The van der Waals surface area contributed by atoms with Crippen LogP contribution in [0.25, 0.3) is 0 Å². The van der Waals surface area contributed by atoms with Crippen LogP contribution < -0.4 is 21.3 Å². The van der Waals surface area contributed by atoms with Crippen LogP contribution in [-0.4, -0.2) is 39.9 Å². The average molecular weight is 448 g/mol. The maximum Gasteiger partial charge on any atom is 0.251 e. The van der Waals surface area contributed by atoms with Crippen molar-refractivity contribution in [1.29, 1.82) is 0 Å². The predicted octanol–water partition coefficient (Wildman–Crippen LogP) is 3.11. The molecule has 170 valence electrons. The molecule has 0 bridgehead atoms. The summed E-state index contributed by atoms with van der Waals surface area (Å²) in [6.45, 7) is 3.53. The third-order valence-electron chi connectivity index (χ3n) is 5.73. The summed E-state index contributed by atoms with van der Waals surface area (Å²) < 4.78 is 39.8. The van der Waals surface area contributed by atoms with E-state index in [1.165, 1.54) is 0 Å². The average Bonchev–Trinajstić information content (AvgIpc) is 2.74. The van der Waals surface area contributed by atoms with Crippen molar-refractivity contribution in [3.05, 3.63) is 40.8 Å². The van der Waals surface area contributed by atoms with E-state index in [9.17, 15) is 22.8 Å². The zero-order valence-electron chi connectivity index (χ0n) is 17.6. The molecule has 0 spiro atoms. The van der Waals surface area contributed by atoms with Crippen LogP contribution in [0.5, 0.6) is 0 Å². The van der Waals surface area contributed by atoms with Gasteiger partial charge in [0.25, 0.3) is 5.91 Å². The van der Waals surface area contributed by atoms with Gasteiger partial charge in [-0.15, -0.1) is 0 Å². The Bertz CT molecular complexity index is 1050. The van der Waals surface area contributed by atoms with Crippen molar-refractivity contribution in [2.24, 2.45) is 0 Å². The summed E-state index contributed by atoms with van der Waals surface area (Å²) in [6.07, 6.45) is 2.73. The largest absolute Gasteiger partial charge is 0.357 e. The van der Waals surface area contributed by atoms with E-state index in [2.05, 4.69) is 31.2 Å². The topological polar surface area (TPSA) is 108 Å². The molecule has 4 N–H and O–H groups in total. The highest BCUT2D eigenvalue weighted by molar-refractivity contribution is 6.02. The molecule has 2 aliphatic rings. The molecule has 1 aromatic carbocycles. The summed E-state index contributed by atoms with van der Waals surface area (Å²) in [5.41, 5.74) is 0.956. The van der Waals surface area contributed by atoms with Crippen molar-refractivity contribution >= 4 is 29.3 Å². The fourth-order valence-electron chi connectivity index (χ4n) is 3.91. The minimum absolute atomic E-state index is 0.0805. The first kappa shape index (κ1) is 21.8. The summed E-state index contributed by atoms with van der Waals surface area (Å²) in [6, 6.07) is 0.895. The summed E-state index contributed by atoms with van der Waals surface area (Å²) in [4.78, 5) is 33.0. The minimum atomic E-state index is -1.60. The molecule has 1 aromatic heterocycles. The fraction of sp³-hybridized carbons (Fsp3) is 0.429. The Morgan fingerprint density at radius 1 is 1.06 bits per heavy atom. The second-order valence-corrected chi connectivity index (χ2v) is 8.13. The van der Waals surface area contributed by atoms with Gasteiger partial charge in [-0.05, 0) is 51.7 Å². The van der Waals surface area contributed by atoms with Crippen LogP contribution in [0.3, 0.4) is 0 Å². The van der Waals surface area contributed by atoms with Crippen molar-refractivity contribution < 1.29 is 22.8 Å². The summed E-state index contributed by atoms with van der Waals surface area (Å²) >= 11 is 0. The molecule has 1 aliphatic heterocycles. The molecule has 0 saturated heterocycles. The lowest BCUT2D eigenvalue weighted by Gasteiger charge is -2.30. The number of fused-ring (bicyclic) bond motifs is 1. The van der Waals surface area contributed by atoms with E-state index >= 15 is 0 Å². The van der Waals surface area contributed by atoms with Gasteiger partial charge in [0.2, 0.25) is 11.9 Å². The van der Waals surface area contributed by atoms with Crippen LogP contribution in [0.4, 0.5) is 30.6 Å². The van der Waals surface area contributed by atoms with E-state index in [-0.39, 0.29) is 23.6 Å². The first-order valence-electron chi connectivity index (χ1n) is 10.4. The number of nitrogens with one attached hydrogen (secondary N) is 4. The van der Waals surface area contributed by atoms with E-state index in [0.29, 0.717) is 48.1 Å². The quantitative estimate of drug-likeness (QED) is 0.536. The Labute approximate surface area is 182 Å². The van der Waals surface area contributed by atoms with E-state index in [1.807, 2.05) is 0 Å². The van der Waals surface area contributed by atoms with Gasteiger partial charge in [-0.25, -0.2) is 18.2 Å². The third kappa shape index (κ3) is 4.46. The van der Waals surface area contributed by atoms with Gasteiger partial charge in [-0.1, -0.05) is 0 Å². The Morgan fingerprint density at radius 3 is 2.34 bits per heavy atom. The molecule has 0 unspecified atom stereocenters. The number of aryl methyl sites for hydroxylation is 1. The molecule has 0 radical (unpaired) electrons. The number of halogens is 3. The first-order valence-corrected chi connectivity index (χ1v) is 10.4. The summed E-state index contributed by atoms with van der Waals surface area (Å²) in [5.74, 6) is -4.17. The lowest BCUT2D eigenvalue weighted by molar-refractivity contribution is -0.116. The number of carbonyl (C=O) groups is 2. The highest BCUT2D eigenvalue weighted by atomic mass is 19.2. The number of rotatable bonds is 4. The normalized spacial score (nSPS) is 22.4. The summed E-state index contributed by atoms with van der Waals surface area (Å²) in [5, 5.41) is 11.9. The number of aromatic nitrogens is 2. The van der Waals surface area contributed by atoms with Gasteiger partial charge < -0.3 is 21.3 Å². The standard InChI is InChI=1S/C21H23F3N6O2/c1-9-17-18(25-10(2)19(31)29-17)30-21(26-9)28-13-5-3-12(4-6-13)27-20(32)11-7-14(22)16(24)15(23)8-11/h7-8,10,12-13H,3-6H2,1-2H3,(H,27,32)(H,29,31)(H2,25,26,28,30)/t10-,12-,13+/m0/s1. The maximum atomic E-state index is 13.4. The number of anilines is 3. The highest BCUT2D eigenvalue weighted by Crippen LogP contribution is 2.29. The number of carbonyl (C=O) groups excluding carboxylic acids is 2. The van der Waals surface area contributed by atoms with Gasteiger partial charge in [0.05, 0.1) is 5.69 Å². The van der Waals surface area contributed by atoms with Gasteiger partial charge in [0.1, 0.15) is 11.7 Å². The van der Waals surface area contributed by atoms with Crippen LogP contribution in [0.2, 0.25) is 0 Å². The minimum Gasteiger partial charge on any atom is -0.357 e. The monoisotopic (exact) mass is 448 g/mol.